The molecule has 0 saturated heterocycles. The molecule has 0 aromatic heterocycles. The lowest BCUT2D eigenvalue weighted by Crippen LogP contribution is -2.30. The van der Waals surface area contributed by atoms with Gasteiger partial charge in [-0.3, -0.25) is 0 Å². The molecule has 0 aliphatic heterocycles. The predicted molar refractivity (Wildman–Crippen MR) is 69.6 cm³/mol. The molecule has 0 amide bonds. The summed E-state index contributed by atoms with van der Waals surface area (Å²) in [5.74, 6) is 0.906. The van der Waals surface area contributed by atoms with Crippen LogP contribution in [0, 0.1) is 5.41 Å². The molecule has 0 bridgehead atoms. The second-order valence-corrected chi connectivity index (χ2v) is 5.63. The van der Waals surface area contributed by atoms with Gasteiger partial charge in [0.15, 0.2) is 0 Å². The van der Waals surface area contributed by atoms with Gasteiger partial charge < -0.3 is 0 Å². The molecule has 1 aliphatic carbocycles. The summed E-state index contributed by atoms with van der Waals surface area (Å²) in [6, 6.07) is 0. The molecule has 0 nitrogen and oxygen atoms in total. The summed E-state index contributed by atoms with van der Waals surface area (Å²) in [6.45, 7) is 2.28. The molecule has 1 aliphatic rings. The lowest BCUT2D eigenvalue weighted by Gasteiger charge is -2.40. The van der Waals surface area contributed by atoms with Crippen molar-refractivity contribution in [2.24, 2.45) is 5.41 Å². The highest BCUT2D eigenvalue weighted by Gasteiger charge is 2.34. The van der Waals surface area contributed by atoms with Crippen molar-refractivity contribution in [3.8, 4) is 0 Å². The van der Waals surface area contributed by atoms with E-state index in [1.54, 1.807) is 0 Å². The van der Waals surface area contributed by atoms with Crippen molar-refractivity contribution in [3.63, 3.8) is 0 Å². The molecule has 1 rings (SSSR count). The van der Waals surface area contributed by atoms with E-state index in [-0.39, 0.29) is 0 Å². The largest absolute Gasteiger partial charge is 0.126 e. The molecular weight excluding hydrogens is 204 g/mol. The molecule has 0 N–H and O–H groups in total. The zero-order valence-electron chi connectivity index (χ0n) is 10.4. The fourth-order valence-electron chi connectivity index (χ4n) is 2.58. The van der Waals surface area contributed by atoms with Crippen LogP contribution >= 0.6 is 11.6 Å². The Morgan fingerprint density at radius 2 is 1.53 bits per heavy atom. The average Bonchev–Trinajstić information content (AvgIpc) is 2.20. The Morgan fingerprint density at radius 3 is 2.00 bits per heavy atom. The van der Waals surface area contributed by atoms with E-state index in [4.69, 9.17) is 11.6 Å². The zero-order valence-corrected chi connectivity index (χ0v) is 11.1. The summed E-state index contributed by atoms with van der Waals surface area (Å²) in [5.41, 5.74) is 0.574. The fraction of sp³-hybridized carbons (Fsp3) is 1.00. The van der Waals surface area contributed by atoms with Crippen LogP contribution in [0.1, 0.15) is 77.6 Å². The monoisotopic (exact) mass is 230 g/mol. The minimum atomic E-state index is 0.574. The Kier molecular flexibility index (Phi) is 6.72. The van der Waals surface area contributed by atoms with Crippen LogP contribution in [0.5, 0.6) is 0 Å². The summed E-state index contributed by atoms with van der Waals surface area (Å²) in [6.07, 6.45) is 15.6. The third-order valence-corrected chi connectivity index (χ3v) is 4.58. The van der Waals surface area contributed by atoms with E-state index in [2.05, 4.69) is 6.92 Å². The lowest BCUT2D eigenvalue weighted by atomic mass is 9.67. The standard InChI is InChI=1S/C14H27Cl/c1-2-3-4-5-6-7-8-10-14(13-15)11-9-12-14/h2-13H2,1H3. The predicted octanol–water partition coefficient (Wildman–Crippen LogP) is 5.54. The molecule has 90 valence electrons. The summed E-state index contributed by atoms with van der Waals surface area (Å²) in [5, 5.41) is 0. The first-order valence-electron chi connectivity index (χ1n) is 6.89. The number of hydrogen-bond acceptors (Lipinski definition) is 0. The molecule has 1 heteroatoms. The Morgan fingerprint density at radius 1 is 0.933 bits per heavy atom. The van der Waals surface area contributed by atoms with Crippen LogP contribution in [0.3, 0.4) is 0 Å². The quantitative estimate of drug-likeness (QED) is 0.361. The number of alkyl halides is 1. The molecular formula is C14H27Cl. The highest BCUT2D eigenvalue weighted by atomic mass is 35.5. The van der Waals surface area contributed by atoms with Gasteiger partial charge in [-0.2, -0.15) is 0 Å². The number of hydrogen-bond donors (Lipinski definition) is 0. The molecule has 0 atom stereocenters. The first-order valence-corrected chi connectivity index (χ1v) is 7.42. The van der Waals surface area contributed by atoms with Crippen LogP contribution in [0.25, 0.3) is 0 Å². The minimum absolute atomic E-state index is 0.574. The SMILES string of the molecule is CCCCCCCCCC1(CCl)CCC1. The molecule has 0 unspecified atom stereocenters. The van der Waals surface area contributed by atoms with E-state index >= 15 is 0 Å². The maximum atomic E-state index is 6.04. The van der Waals surface area contributed by atoms with Gasteiger partial charge >= 0.3 is 0 Å². The van der Waals surface area contributed by atoms with Crippen LogP contribution in [0.4, 0.5) is 0 Å². The highest BCUT2D eigenvalue weighted by Crippen LogP contribution is 2.45. The maximum Gasteiger partial charge on any atom is 0.0279 e. The number of rotatable bonds is 9. The smallest absolute Gasteiger partial charge is 0.0279 e. The third kappa shape index (κ3) is 4.76. The van der Waals surface area contributed by atoms with Gasteiger partial charge in [-0.1, -0.05) is 58.3 Å². The Bertz CT molecular complexity index is 144. The van der Waals surface area contributed by atoms with Crippen LogP contribution < -0.4 is 0 Å². The molecule has 0 aromatic rings. The van der Waals surface area contributed by atoms with Gasteiger partial charge in [-0.05, 0) is 24.7 Å². The van der Waals surface area contributed by atoms with Crippen LogP contribution in [-0.4, -0.2) is 5.88 Å². The lowest BCUT2D eigenvalue weighted by molar-refractivity contribution is 0.146. The van der Waals surface area contributed by atoms with E-state index in [1.807, 2.05) is 0 Å². The zero-order chi connectivity index (χ0) is 11.0. The average molecular weight is 231 g/mol. The van der Waals surface area contributed by atoms with E-state index in [0.29, 0.717) is 5.41 Å². The number of unbranched alkanes of at least 4 members (excludes halogenated alkanes) is 6. The Balaban J connectivity index is 1.88. The molecule has 0 aromatic carbocycles. The summed E-state index contributed by atoms with van der Waals surface area (Å²) in [4.78, 5) is 0. The van der Waals surface area contributed by atoms with Gasteiger partial charge in [0, 0.05) is 5.88 Å². The van der Waals surface area contributed by atoms with Crippen LogP contribution in [-0.2, 0) is 0 Å². The molecule has 15 heavy (non-hydrogen) atoms. The Labute approximate surface area is 101 Å². The van der Waals surface area contributed by atoms with Crippen molar-refractivity contribution in [1.29, 1.82) is 0 Å². The van der Waals surface area contributed by atoms with E-state index < -0.39 is 0 Å². The highest BCUT2D eigenvalue weighted by molar-refractivity contribution is 6.18. The Hall–Kier alpha value is 0.290. The van der Waals surface area contributed by atoms with Crippen molar-refractivity contribution >= 4 is 11.6 Å². The van der Waals surface area contributed by atoms with Gasteiger partial charge in [-0.25, -0.2) is 0 Å². The van der Waals surface area contributed by atoms with Crippen LogP contribution in [0.15, 0.2) is 0 Å². The van der Waals surface area contributed by atoms with Gasteiger partial charge in [-0.15, -0.1) is 11.6 Å². The van der Waals surface area contributed by atoms with Crippen molar-refractivity contribution in [2.45, 2.75) is 77.6 Å². The van der Waals surface area contributed by atoms with E-state index in [9.17, 15) is 0 Å². The van der Waals surface area contributed by atoms with E-state index in [0.717, 1.165) is 5.88 Å². The summed E-state index contributed by atoms with van der Waals surface area (Å²) >= 11 is 6.04. The van der Waals surface area contributed by atoms with Crippen molar-refractivity contribution < 1.29 is 0 Å². The van der Waals surface area contributed by atoms with Crippen molar-refractivity contribution in [1.82, 2.24) is 0 Å². The second kappa shape index (κ2) is 7.54. The second-order valence-electron chi connectivity index (χ2n) is 5.36. The fourth-order valence-corrected chi connectivity index (χ4v) is 2.99. The number of halogens is 1. The molecule has 1 fully saturated rings. The van der Waals surface area contributed by atoms with Gasteiger partial charge in [0.1, 0.15) is 0 Å². The molecule has 0 radical (unpaired) electrons. The van der Waals surface area contributed by atoms with Crippen molar-refractivity contribution in [3.05, 3.63) is 0 Å². The molecule has 0 heterocycles. The molecule has 1 saturated carbocycles. The van der Waals surface area contributed by atoms with E-state index in [1.165, 1.54) is 70.6 Å². The summed E-state index contributed by atoms with van der Waals surface area (Å²) < 4.78 is 0. The van der Waals surface area contributed by atoms with Gasteiger partial charge in [0.2, 0.25) is 0 Å². The topological polar surface area (TPSA) is 0 Å². The van der Waals surface area contributed by atoms with Gasteiger partial charge in [0.05, 0.1) is 0 Å². The normalized spacial score (nSPS) is 18.8. The maximum absolute atomic E-state index is 6.04. The van der Waals surface area contributed by atoms with Gasteiger partial charge in [0.25, 0.3) is 0 Å². The van der Waals surface area contributed by atoms with Crippen molar-refractivity contribution in [2.75, 3.05) is 5.88 Å². The third-order valence-electron chi connectivity index (χ3n) is 4.01. The first kappa shape index (κ1) is 13.4. The summed E-state index contributed by atoms with van der Waals surface area (Å²) in [7, 11) is 0. The first-order chi connectivity index (χ1) is 7.33. The minimum Gasteiger partial charge on any atom is -0.126 e. The molecule has 0 spiro atoms. The van der Waals surface area contributed by atoms with Crippen LogP contribution in [0.2, 0.25) is 0 Å².